The zero-order chi connectivity index (χ0) is 12.3. The van der Waals surface area contributed by atoms with E-state index in [1.807, 2.05) is 0 Å². The van der Waals surface area contributed by atoms with E-state index in [0.29, 0.717) is 5.92 Å². The highest BCUT2D eigenvalue weighted by molar-refractivity contribution is 5.88. The van der Waals surface area contributed by atoms with Crippen LogP contribution < -0.4 is 5.73 Å². The number of carbonyl (C=O) groups is 3. The van der Waals surface area contributed by atoms with E-state index < -0.39 is 18.4 Å². The van der Waals surface area contributed by atoms with Crippen LogP contribution in [0, 0.1) is 11.8 Å². The molecule has 1 atom stereocenters. The van der Waals surface area contributed by atoms with E-state index in [1.165, 1.54) is 0 Å². The molecule has 90 valence electrons. The number of hydrogen-bond acceptors (Lipinski definition) is 3. The van der Waals surface area contributed by atoms with Gasteiger partial charge in [0.25, 0.3) is 0 Å². The van der Waals surface area contributed by atoms with Crippen molar-refractivity contribution in [1.29, 1.82) is 0 Å². The number of carboxylic acids is 1. The van der Waals surface area contributed by atoms with Gasteiger partial charge in [0.1, 0.15) is 6.54 Å². The smallest absolute Gasteiger partial charge is 0.323 e. The molecule has 0 aromatic heterocycles. The van der Waals surface area contributed by atoms with Crippen molar-refractivity contribution < 1.29 is 19.5 Å². The van der Waals surface area contributed by atoms with Crippen LogP contribution in [-0.2, 0) is 14.4 Å². The van der Waals surface area contributed by atoms with Gasteiger partial charge in [-0.2, -0.15) is 0 Å². The molecule has 0 aliphatic heterocycles. The van der Waals surface area contributed by atoms with Crippen molar-refractivity contribution in [3.8, 4) is 0 Å². The molecule has 0 spiro atoms. The second kappa shape index (κ2) is 4.96. The summed E-state index contributed by atoms with van der Waals surface area (Å²) >= 11 is 0. The second-order valence-electron chi connectivity index (χ2n) is 4.18. The molecule has 0 heterocycles. The number of rotatable bonds is 6. The summed E-state index contributed by atoms with van der Waals surface area (Å²) in [5, 5.41) is 8.64. The van der Waals surface area contributed by atoms with E-state index in [1.54, 1.807) is 6.92 Å². The van der Waals surface area contributed by atoms with Gasteiger partial charge in [-0.1, -0.05) is 6.92 Å². The number of hydrogen-bond donors (Lipinski definition) is 2. The molecule has 0 aromatic carbocycles. The number of aliphatic carboxylic acids is 1. The average molecular weight is 228 g/mol. The molecule has 0 saturated heterocycles. The Labute approximate surface area is 93.4 Å². The summed E-state index contributed by atoms with van der Waals surface area (Å²) in [5.74, 6) is -2.03. The van der Waals surface area contributed by atoms with Gasteiger partial charge < -0.3 is 15.7 Å². The first-order valence-electron chi connectivity index (χ1n) is 5.20. The molecular weight excluding hydrogens is 212 g/mol. The third-order valence-electron chi connectivity index (χ3n) is 2.70. The molecule has 3 N–H and O–H groups in total. The Morgan fingerprint density at radius 2 is 1.94 bits per heavy atom. The van der Waals surface area contributed by atoms with Gasteiger partial charge in [-0.05, 0) is 18.8 Å². The Kier molecular flexibility index (Phi) is 3.87. The van der Waals surface area contributed by atoms with E-state index in [9.17, 15) is 14.4 Å². The Morgan fingerprint density at radius 3 is 2.31 bits per heavy atom. The Hall–Kier alpha value is -1.59. The van der Waals surface area contributed by atoms with Gasteiger partial charge in [0.05, 0.1) is 6.54 Å². The van der Waals surface area contributed by atoms with Crippen LogP contribution in [-0.4, -0.2) is 40.9 Å². The molecule has 1 fully saturated rings. The highest BCUT2D eigenvalue weighted by Gasteiger charge is 2.35. The van der Waals surface area contributed by atoms with Crippen molar-refractivity contribution in [2.75, 3.05) is 13.1 Å². The molecule has 1 unspecified atom stereocenters. The first kappa shape index (κ1) is 12.5. The lowest BCUT2D eigenvalue weighted by Gasteiger charge is -2.22. The predicted molar refractivity (Wildman–Crippen MR) is 55.3 cm³/mol. The first-order valence-corrected chi connectivity index (χ1v) is 5.20. The topological polar surface area (TPSA) is 101 Å². The van der Waals surface area contributed by atoms with Crippen LogP contribution in [0.25, 0.3) is 0 Å². The summed E-state index contributed by atoms with van der Waals surface area (Å²) in [6.45, 7) is 0.955. The lowest BCUT2D eigenvalue weighted by atomic mass is 10.0. The van der Waals surface area contributed by atoms with Gasteiger partial charge in [-0.15, -0.1) is 0 Å². The van der Waals surface area contributed by atoms with Gasteiger partial charge in [-0.25, -0.2) is 0 Å². The van der Waals surface area contributed by atoms with Crippen LogP contribution in [0.15, 0.2) is 0 Å². The molecule has 1 aliphatic carbocycles. The van der Waals surface area contributed by atoms with E-state index in [4.69, 9.17) is 10.8 Å². The Morgan fingerprint density at radius 1 is 1.38 bits per heavy atom. The van der Waals surface area contributed by atoms with Crippen molar-refractivity contribution in [1.82, 2.24) is 4.90 Å². The molecule has 2 amide bonds. The third kappa shape index (κ3) is 3.52. The van der Waals surface area contributed by atoms with Crippen molar-refractivity contribution in [2.45, 2.75) is 19.8 Å². The summed E-state index contributed by atoms with van der Waals surface area (Å²) in [4.78, 5) is 34.2. The maximum atomic E-state index is 11.9. The molecule has 0 bridgehead atoms. The monoisotopic (exact) mass is 228 g/mol. The van der Waals surface area contributed by atoms with Crippen LogP contribution in [0.1, 0.15) is 19.8 Å². The maximum absolute atomic E-state index is 11.9. The van der Waals surface area contributed by atoms with Crippen LogP contribution >= 0.6 is 0 Å². The fraction of sp³-hybridized carbons (Fsp3) is 0.700. The number of nitrogens with zero attached hydrogens (tertiary/aromatic N) is 1. The standard InChI is InChI=1S/C10H16N2O4/c1-6(7-2-3-7)10(16)12(4-8(11)13)5-9(14)15/h6-7H,2-5H2,1H3,(H2,11,13)(H,14,15). The Balaban J connectivity index is 2.61. The van der Waals surface area contributed by atoms with E-state index in [-0.39, 0.29) is 18.4 Å². The summed E-state index contributed by atoms with van der Waals surface area (Å²) in [6, 6.07) is 0. The number of primary amides is 1. The maximum Gasteiger partial charge on any atom is 0.323 e. The van der Waals surface area contributed by atoms with Gasteiger partial charge >= 0.3 is 5.97 Å². The molecule has 0 aromatic rings. The number of carboxylic acid groups (broad SMARTS) is 1. The average Bonchev–Trinajstić information content (AvgIpc) is 2.96. The van der Waals surface area contributed by atoms with Crippen LogP contribution in [0.4, 0.5) is 0 Å². The normalized spacial score (nSPS) is 16.6. The summed E-state index contributed by atoms with van der Waals surface area (Å²) in [6.07, 6.45) is 1.98. The lowest BCUT2D eigenvalue weighted by Crippen LogP contribution is -2.44. The quantitative estimate of drug-likeness (QED) is 0.635. The van der Waals surface area contributed by atoms with Crippen LogP contribution in [0.5, 0.6) is 0 Å². The van der Waals surface area contributed by atoms with Crippen molar-refractivity contribution in [3.05, 3.63) is 0 Å². The van der Waals surface area contributed by atoms with Crippen LogP contribution in [0.3, 0.4) is 0 Å². The van der Waals surface area contributed by atoms with Crippen LogP contribution in [0.2, 0.25) is 0 Å². The minimum Gasteiger partial charge on any atom is -0.480 e. The minimum absolute atomic E-state index is 0.223. The summed E-state index contributed by atoms with van der Waals surface area (Å²) in [5.41, 5.74) is 4.97. The van der Waals surface area contributed by atoms with Gasteiger partial charge in [0.15, 0.2) is 0 Å². The molecule has 1 aliphatic rings. The predicted octanol–water partition coefficient (Wildman–Crippen LogP) is -0.569. The number of amides is 2. The van der Waals surface area contributed by atoms with Crippen molar-refractivity contribution >= 4 is 17.8 Å². The second-order valence-corrected chi connectivity index (χ2v) is 4.18. The lowest BCUT2D eigenvalue weighted by molar-refractivity contribution is -0.147. The molecule has 16 heavy (non-hydrogen) atoms. The largest absolute Gasteiger partial charge is 0.480 e. The first-order chi connectivity index (χ1) is 7.41. The molecule has 1 saturated carbocycles. The third-order valence-corrected chi connectivity index (χ3v) is 2.70. The Bertz CT molecular complexity index is 296. The van der Waals surface area contributed by atoms with Crippen molar-refractivity contribution in [3.63, 3.8) is 0 Å². The highest BCUT2D eigenvalue weighted by atomic mass is 16.4. The van der Waals surface area contributed by atoms with Gasteiger partial charge in [0.2, 0.25) is 11.8 Å². The fourth-order valence-electron chi connectivity index (χ4n) is 1.65. The van der Waals surface area contributed by atoms with E-state index in [2.05, 4.69) is 0 Å². The molecule has 6 heteroatoms. The number of nitrogens with two attached hydrogens (primary N) is 1. The molecule has 6 nitrogen and oxygen atoms in total. The summed E-state index contributed by atoms with van der Waals surface area (Å²) in [7, 11) is 0. The van der Waals surface area contributed by atoms with Crippen molar-refractivity contribution in [2.24, 2.45) is 17.6 Å². The molecular formula is C10H16N2O4. The van der Waals surface area contributed by atoms with E-state index in [0.717, 1.165) is 17.7 Å². The van der Waals surface area contributed by atoms with Gasteiger partial charge in [-0.3, -0.25) is 14.4 Å². The number of carbonyl (C=O) groups excluding carboxylic acids is 2. The fourth-order valence-corrected chi connectivity index (χ4v) is 1.65. The zero-order valence-corrected chi connectivity index (χ0v) is 9.18. The van der Waals surface area contributed by atoms with Gasteiger partial charge in [0, 0.05) is 5.92 Å². The minimum atomic E-state index is -1.14. The SMILES string of the molecule is CC(C(=O)N(CC(N)=O)CC(=O)O)C1CC1. The zero-order valence-electron chi connectivity index (χ0n) is 9.18. The molecule has 0 radical (unpaired) electrons. The summed E-state index contributed by atoms with van der Waals surface area (Å²) < 4.78 is 0. The van der Waals surface area contributed by atoms with E-state index >= 15 is 0 Å². The molecule has 1 rings (SSSR count). The highest BCUT2D eigenvalue weighted by Crippen LogP contribution is 2.37.